The second kappa shape index (κ2) is 7.56. The zero-order chi connectivity index (χ0) is 19.6. The molecule has 0 saturated carbocycles. The SMILES string of the molecule is Cc1cc(C)nc(Nc2ccc(C(=O)Nc3sc(C)c(C)c3C#N)cc2)n1. The smallest absolute Gasteiger partial charge is 0.256 e. The van der Waals surface area contributed by atoms with Crippen molar-refractivity contribution in [2.24, 2.45) is 0 Å². The van der Waals surface area contributed by atoms with Crippen LogP contribution in [0.3, 0.4) is 0 Å². The van der Waals surface area contributed by atoms with Gasteiger partial charge in [-0.1, -0.05) is 0 Å². The normalized spacial score (nSPS) is 10.3. The summed E-state index contributed by atoms with van der Waals surface area (Å²) in [5.74, 6) is 0.273. The van der Waals surface area contributed by atoms with E-state index in [0.717, 1.165) is 27.5 Å². The fourth-order valence-electron chi connectivity index (χ4n) is 2.64. The highest BCUT2D eigenvalue weighted by molar-refractivity contribution is 7.16. The number of hydrogen-bond acceptors (Lipinski definition) is 6. The molecular weight excluding hydrogens is 358 g/mol. The Morgan fingerprint density at radius 3 is 2.30 bits per heavy atom. The van der Waals surface area contributed by atoms with Crippen LogP contribution >= 0.6 is 11.3 Å². The molecule has 6 nitrogen and oxygen atoms in total. The van der Waals surface area contributed by atoms with E-state index in [4.69, 9.17) is 0 Å². The summed E-state index contributed by atoms with van der Waals surface area (Å²) in [6.45, 7) is 7.65. The van der Waals surface area contributed by atoms with Gasteiger partial charge in [0, 0.05) is 27.5 Å². The molecule has 0 aliphatic heterocycles. The molecule has 1 amide bonds. The summed E-state index contributed by atoms with van der Waals surface area (Å²) in [5, 5.41) is 15.9. The summed E-state index contributed by atoms with van der Waals surface area (Å²) in [6.07, 6.45) is 0. The Morgan fingerprint density at radius 2 is 1.70 bits per heavy atom. The molecule has 0 radical (unpaired) electrons. The number of nitriles is 1. The Hall–Kier alpha value is -3.24. The second-order valence-corrected chi connectivity index (χ2v) is 7.45. The largest absolute Gasteiger partial charge is 0.324 e. The molecule has 0 bridgehead atoms. The van der Waals surface area contributed by atoms with Gasteiger partial charge in [-0.3, -0.25) is 4.79 Å². The molecule has 2 heterocycles. The molecular formula is C20H19N5OS. The van der Waals surface area contributed by atoms with Gasteiger partial charge in [-0.15, -0.1) is 11.3 Å². The molecule has 27 heavy (non-hydrogen) atoms. The lowest BCUT2D eigenvalue weighted by Crippen LogP contribution is -2.11. The molecule has 2 N–H and O–H groups in total. The third-order valence-corrected chi connectivity index (χ3v) is 5.23. The van der Waals surface area contributed by atoms with Crippen molar-refractivity contribution in [1.29, 1.82) is 5.26 Å². The molecule has 136 valence electrons. The standard InChI is InChI=1S/C20H19N5OS/c1-11-9-12(2)23-20(22-11)24-16-7-5-15(6-8-16)18(26)25-19-17(10-21)13(3)14(4)27-19/h5-9H,1-4H3,(H,25,26)(H,22,23,24). The third kappa shape index (κ3) is 4.13. The van der Waals surface area contributed by atoms with Crippen LogP contribution < -0.4 is 10.6 Å². The summed E-state index contributed by atoms with van der Waals surface area (Å²) in [4.78, 5) is 22.2. The molecule has 2 aromatic heterocycles. The number of hydrogen-bond donors (Lipinski definition) is 2. The van der Waals surface area contributed by atoms with E-state index in [-0.39, 0.29) is 5.91 Å². The van der Waals surface area contributed by atoms with Crippen LogP contribution in [0.25, 0.3) is 0 Å². The van der Waals surface area contributed by atoms with E-state index in [9.17, 15) is 10.1 Å². The number of rotatable bonds is 4. The maximum Gasteiger partial charge on any atom is 0.256 e. The summed E-state index contributed by atoms with van der Waals surface area (Å²) in [6, 6.07) is 11.1. The van der Waals surface area contributed by atoms with Crippen molar-refractivity contribution < 1.29 is 4.79 Å². The summed E-state index contributed by atoms with van der Waals surface area (Å²) in [5.41, 5.74) is 4.50. The first-order valence-electron chi connectivity index (χ1n) is 8.38. The maximum absolute atomic E-state index is 12.5. The Balaban J connectivity index is 1.74. The first-order valence-corrected chi connectivity index (χ1v) is 9.20. The van der Waals surface area contributed by atoms with Crippen LogP contribution in [0.5, 0.6) is 0 Å². The average molecular weight is 377 g/mol. The quantitative estimate of drug-likeness (QED) is 0.691. The molecule has 0 saturated heterocycles. The number of aromatic nitrogens is 2. The van der Waals surface area contributed by atoms with E-state index in [1.54, 1.807) is 24.3 Å². The number of nitrogens with one attached hydrogen (secondary N) is 2. The minimum atomic E-state index is -0.248. The summed E-state index contributed by atoms with van der Waals surface area (Å²) in [7, 11) is 0. The van der Waals surface area contributed by atoms with Gasteiger partial charge in [0.2, 0.25) is 5.95 Å². The fourth-order valence-corrected chi connectivity index (χ4v) is 3.65. The van der Waals surface area contributed by atoms with E-state index in [0.29, 0.717) is 22.1 Å². The van der Waals surface area contributed by atoms with E-state index in [2.05, 4.69) is 26.7 Å². The predicted molar refractivity (Wildman–Crippen MR) is 108 cm³/mol. The molecule has 0 atom stereocenters. The fraction of sp³-hybridized carbons (Fsp3) is 0.200. The van der Waals surface area contributed by atoms with Gasteiger partial charge in [0.15, 0.2) is 0 Å². The number of aryl methyl sites for hydroxylation is 3. The van der Waals surface area contributed by atoms with Crippen molar-refractivity contribution in [3.05, 3.63) is 63.3 Å². The number of anilines is 3. The van der Waals surface area contributed by atoms with Gasteiger partial charge in [-0.05, 0) is 63.6 Å². The van der Waals surface area contributed by atoms with Crippen molar-refractivity contribution in [3.63, 3.8) is 0 Å². The monoisotopic (exact) mass is 377 g/mol. The van der Waals surface area contributed by atoms with Crippen LogP contribution in [0.15, 0.2) is 30.3 Å². The minimum absolute atomic E-state index is 0.248. The van der Waals surface area contributed by atoms with Crippen LogP contribution in [0, 0.1) is 39.0 Å². The van der Waals surface area contributed by atoms with Gasteiger partial charge >= 0.3 is 0 Å². The Morgan fingerprint density at radius 1 is 1.07 bits per heavy atom. The third-order valence-electron chi connectivity index (χ3n) is 4.11. The summed E-state index contributed by atoms with van der Waals surface area (Å²) < 4.78 is 0. The van der Waals surface area contributed by atoms with Gasteiger partial charge in [-0.25, -0.2) is 9.97 Å². The number of carbonyl (C=O) groups is 1. The Kier molecular flexibility index (Phi) is 5.19. The number of amides is 1. The maximum atomic E-state index is 12.5. The lowest BCUT2D eigenvalue weighted by atomic mass is 10.1. The van der Waals surface area contributed by atoms with Crippen LogP contribution in [-0.2, 0) is 0 Å². The molecule has 0 aliphatic rings. The first-order chi connectivity index (χ1) is 12.9. The van der Waals surface area contributed by atoms with Crippen molar-refractivity contribution in [2.45, 2.75) is 27.7 Å². The van der Waals surface area contributed by atoms with Crippen molar-refractivity contribution in [3.8, 4) is 6.07 Å². The highest BCUT2D eigenvalue weighted by atomic mass is 32.1. The predicted octanol–water partition coefficient (Wildman–Crippen LogP) is 4.64. The van der Waals surface area contributed by atoms with Crippen molar-refractivity contribution in [1.82, 2.24) is 9.97 Å². The zero-order valence-electron chi connectivity index (χ0n) is 15.5. The lowest BCUT2D eigenvalue weighted by molar-refractivity contribution is 0.102. The van der Waals surface area contributed by atoms with Gasteiger partial charge < -0.3 is 10.6 Å². The summed E-state index contributed by atoms with van der Waals surface area (Å²) >= 11 is 1.41. The molecule has 3 rings (SSSR count). The number of nitrogens with zero attached hydrogens (tertiary/aromatic N) is 3. The molecule has 0 spiro atoms. The Labute approximate surface area is 161 Å². The number of benzene rings is 1. The topological polar surface area (TPSA) is 90.7 Å². The minimum Gasteiger partial charge on any atom is -0.324 e. The van der Waals surface area contributed by atoms with E-state index in [1.807, 2.05) is 33.8 Å². The van der Waals surface area contributed by atoms with Gasteiger partial charge in [-0.2, -0.15) is 5.26 Å². The first kappa shape index (κ1) is 18.5. The molecule has 0 unspecified atom stereocenters. The van der Waals surface area contributed by atoms with E-state index >= 15 is 0 Å². The zero-order valence-corrected chi connectivity index (χ0v) is 16.4. The van der Waals surface area contributed by atoms with Gasteiger partial charge in [0.1, 0.15) is 11.1 Å². The Bertz CT molecular complexity index is 1030. The van der Waals surface area contributed by atoms with Crippen molar-refractivity contribution >= 4 is 33.9 Å². The van der Waals surface area contributed by atoms with Crippen LogP contribution in [0.1, 0.15) is 37.7 Å². The number of carbonyl (C=O) groups excluding carboxylic acids is 1. The highest BCUT2D eigenvalue weighted by Gasteiger charge is 2.15. The van der Waals surface area contributed by atoms with Crippen molar-refractivity contribution in [2.75, 3.05) is 10.6 Å². The second-order valence-electron chi connectivity index (χ2n) is 6.23. The molecule has 3 aromatic rings. The van der Waals surface area contributed by atoms with Gasteiger partial charge in [0.25, 0.3) is 5.91 Å². The van der Waals surface area contributed by atoms with Crippen LogP contribution in [0.2, 0.25) is 0 Å². The molecule has 7 heteroatoms. The average Bonchev–Trinajstić information content (AvgIpc) is 2.87. The molecule has 0 aliphatic carbocycles. The van der Waals surface area contributed by atoms with Gasteiger partial charge in [0.05, 0.1) is 5.56 Å². The number of thiophene rings is 1. The van der Waals surface area contributed by atoms with E-state index < -0.39 is 0 Å². The van der Waals surface area contributed by atoms with Crippen LogP contribution in [-0.4, -0.2) is 15.9 Å². The highest BCUT2D eigenvalue weighted by Crippen LogP contribution is 2.32. The lowest BCUT2D eigenvalue weighted by Gasteiger charge is -2.08. The van der Waals surface area contributed by atoms with Crippen LogP contribution in [0.4, 0.5) is 16.6 Å². The molecule has 0 fully saturated rings. The molecule has 1 aromatic carbocycles. The van der Waals surface area contributed by atoms with E-state index in [1.165, 1.54) is 11.3 Å².